The van der Waals surface area contributed by atoms with Gasteiger partial charge in [-0.05, 0) is 54.6 Å². The number of aromatic nitrogens is 1. The Labute approximate surface area is 197 Å². The number of anilines is 3. The average Bonchev–Trinajstić information content (AvgIpc) is 3.41. The Morgan fingerprint density at radius 3 is 2.30 bits per heavy atom. The van der Waals surface area contributed by atoms with Gasteiger partial charge in [0.2, 0.25) is 0 Å². The van der Waals surface area contributed by atoms with Gasteiger partial charge in [0.25, 0.3) is 0 Å². The lowest BCUT2D eigenvalue weighted by atomic mass is 10.1. The number of hydrazone groups is 1. The zero-order chi connectivity index (χ0) is 23.1. The molecular weight excluding hydrogens is 434 g/mol. The second-order valence-electron chi connectivity index (χ2n) is 8.24. The molecule has 1 aliphatic heterocycles. The summed E-state index contributed by atoms with van der Waals surface area (Å²) in [4.78, 5) is 20.2. The summed E-state index contributed by atoms with van der Waals surface area (Å²) in [6.45, 7) is 1.55. The third-order valence-electron chi connectivity index (χ3n) is 5.86. The van der Waals surface area contributed by atoms with Gasteiger partial charge in [0.15, 0.2) is 17.8 Å². The van der Waals surface area contributed by atoms with Crippen LogP contribution in [-0.4, -0.2) is 30.7 Å². The molecule has 5 rings (SSSR count). The molecule has 1 unspecified atom stereocenters. The number of carbonyl (C=O) groups excluding carboxylic acids is 1. The number of H-pyrrole nitrogens is 1. The Balaban J connectivity index is 1.71. The van der Waals surface area contributed by atoms with Crippen LogP contribution in [0.15, 0.2) is 84.1 Å². The SMILES string of the molecule is CC(=O)C1=NN(c2ccc(Cl)cc2)C(c2c[nH]c3ccccc23)N1c1ccc(N(C)C)cc1. The van der Waals surface area contributed by atoms with E-state index < -0.39 is 0 Å². The number of aromatic amines is 1. The number of fused-ring (bicyclic) bond motifs is 1. The van der Waals surface area contributed by atoms with Gasteiger partial charge in [-0.15, -0.1) is 5.10 Å². The van der Waals surface area contributed by atoms with Crippen molar-refractivity contribution < 1.29 is 4.79 Å². The molecule has 3 aromatic carbocycles. The molecule has 0 aliphatic carbocycles. The largest absolute Gasteiger partial charge is 0.378 e. The molecule has 6 nitrogen and oxygen atoms in total. The van der Waals surface area contributed by atoms with Gasteiger partial charge in [-0.25, -0.2) is 5.01 Å². The third-order valence-corrected chi connectivity index (χ3v) is 6.11. The van der Waals surface area contributed by atoms with Crippen LogP contribution in [0.25, 0.3) is 10.9 Å². The summed E-state index contributed by atoms with van der Waals surface area (Å²) in [6.07, 6.45) is 1.64. The summed E-state index contributed by atoms with van der Waals surface area (Å²) in [5.74, 6) is 0.283. The normalized spacial score (nSPS) is 15.8. The van der Waals surface area contributed by atoms with Crippen molar-refractivity contribution in [2.45, 2.75) is 13.1 Å². The van der Waals surface area contributed by atoms with E-state index in [9.17, 15) is 4.79 Å². The standard InChI is InChI=1S/C26H24ClN5O/c1-17(33)25-29-32(21-10-8-18(27)9-11-21)26(23-16-28-24-7-5-4-6-22(23)24)31(25)20-14-12-19(13-15-20)30(2)3/h4-16,26,28H,1-3H3. The minimum Gasteiger partial charge on any atom is -0.378 e. The molecule has 0 radical (unpaired) electrons. The summed E-state index contributed by atoms with van der Waals surface area (Å²) in [5, 5.41) is 8.42. The number of nitrogens with one attached hydrogen (secondary N) is 1. The Bertz CT molecular complexity index is 1340. The molecule has 1 aliphatic rings. The maximum atomic E-state index is 12.8. The smallest absolute Gasteiger partial charge is 0.198 e. The van der Waals surface area contributed by atoms with Crippen molar-refractivity contribution in [2.75, 3.05) is 28.9 Å². The van der Waals surface area contributed by atoms with Crippen LogP contribution in [0.3, 0.4) is 0 Å². The fourth-order valence-corrected chi connectivity index (χ4v) is 4.34. The van der Waals surface area contributed by atoms with Gasteiger partial charge < -0.3 is 9.88 Å². The molecule has 0 saturated heterocycles. The van der Waals surface area contributed by atoms with E-state index in [1.54, 1.807) is 6.92 Å². The van der Waals surface area contributed by atoms with Crippen LogP contribution in [0.4, 0.5) is 17.1 Å². The molecule has 7 heteroatoms. The Kier molecular flexibility index (Phi) is 5.30. The van der Waals surface area contributed by atoms with E-state index in [4.69, 9.17) is 16.7 Å². The molecule has 0 spiro atoms. The topological polar surface area (TPSA) is 54.9 Å². The predicted octanol–water partition coefficient (Wildman–Crippen LogP) is 5.82. The molecule has 0 amide bonds. The number of hydrogen-bond donors (Lipinski definition) is 1. The van der Waals surface area contributed by atoms with Crippen molar-refractivity contribution >= 4 is 51.2 Å². The summed E-state index contributed by atoms with van der Waals surface area (Å²) in [6, 6.07) is 23.8. The van der Waals surface area contributed by atoms with Crippen LogP contribution in [0.5, 0.6) is 0 Å². The van der Waals surface area contributed by atoms with E-state index in [1.165, 1.54) is 0 Å². The van der Waals surface area contributed by atoms with E-state index in [0.717, 1.165) is 33.5 Å². The van der Waals surface area contributed by atoms with Crippen LogP contribution < -0.4 is 14.8 Å². The number of halogens is 1. The third kappa shape index (κ3) is 3.72. The minimum atomic E-state index is -0.355. The number of carbonyl (C=O) groups is 1. The second-order valence-corrected chi connectivity index (χ2v) is 8.68. The van der Waals surface area contributed by atoms with Gasteiger partial charge in [0, 0.05) is 60.1 Å². The number of ketones is 1. The Morgan fingerprint density at radius 2 is 1.64 bits per heavy atom. The predicted molar refractivity (Wildman–Crippen MR) is 136 cm³/mol. The van der Waals surface area contributed by atoms with Crippen molar-refractivity contribution in [3.05, 3.63) is 89.6 Å². The first-order chi connectivity index (χ1) is 15.9. The lowest BCUT2D eigenvalue weighted by Gasteiger charge is -2.32. The van der Waals surface area contributed by atoms with E-state index in [-0.39, 0.29) is 11.9 Å². The molecule has 0 fully saturated rings. The number of amidine groups is 1. The highest BCUT2D eigenvalue weighted by molar-refractivity contribution is 6.44. The fraction of sp³-hybridized carbons (Fsp3) is 0.154. The molecule has 0 bridgehead atoms. The van der Waals surface area contributed by atoms with E-state index >= 15 is 0 Å². The highest BCUT2D eigenvalue weighted by Crippen LogP contribution is 2.41. The summed E-state index contributed by atoms with van der Waals surface area (Å²) in [5.41, 5.74) is 4.87. The van der Waals surface area contributed by atoms with Crippen molar-refractivity contribution in [3.63, 3.8) is 0 Å². The van der Waals surface area contributed by atoms with Crippen LogP contribution in [0.1, 0.15) is 18.7 Å². The maximum absolute atomic E-state index is 12.8. The highest BCUT2D eigenvalue weighted by Gasteiger charge is 2.40. The molecule has 0 saturated carbocycles. The lowest BCUT2D eigenvalue weighted by Crippen LogP contribution is -2.37. The summed E-state index contributed by atoms with van der Waals surface area (Å²) < 4.78 is 0. The second kappa shape index (κ2) is 8.30. The van der Waals surface area contributed by atoms with Gasteiger partial charge in [0.1, 0.15) is 0 Å². The zero-order valence-corrected chi connectivity index (χ0v) is 19.4. The lowest BCUT2D eigenvalue weighted by molar-refractivity contribution is -0.111. The zero-order valence-electron chi connectivity index (χ0n) is 18.7. The van der Waals surface area contributed by atoms with Crippen molar-refractivity contribution in [3.8, 4) is 0 Å². The highest BCUT2D eigenvalue weighted by atomic mass is 35.5. The number of rotatable bonds is 5. The van der Waals surface area contributed by atoms with Crippen LogP contribution in [-0.2, 0) is 4.79 Å². The summed E-state index contributed by atoms with van der Waals surface area (Å²) >= 11 is 6.15. The van der Waals surface area contributed by atoms with E-state index in [1.807, 2.05) is 102 Å². The molecule has 1 atom stereocenters. The van der Waals surface area contributed by atoms with E-state index in [2.05, 4.69) is 11.1 Å². The first-order valence-corrected chi connectivity index (χ1v) is 11.1. The number of para-hydroxylation sites is 1. The molecule has 4 aromatic rings. The van der Waals surface area contributed by atoms with Crippen LogP contribution in [0.2, 0.25) is 5.02 Å². The van der Waals surface area contributed by atoms with Crippen molar-refractivity contribution in [1.29, 1.82) is 0 Å². The molecule has 1 N–H and O–H groups in total. The molecule has 2 heterocycles. The first kappa shape index (κ1) is 21.1. The Morgan fingerprint density at radius 1 is 0.970 bits per heavy atom. The molecule has 33 heavy (non-hydrogen) atoms. The van der Waals surface area contributed by atoms with Gasteiger partial charge in [-0.1, -0.05) is 29.8 Å². The van der Waals surface area contributed by atoms with Crippen LogP contribution in [0, 0.1) is 0 Å². The summed E-state index contributed by atoms with van der Waals surface area (Å²) in [7, 11) is 4.01. The molecular formula is C26H24ClN5O. The van der Waals surface area contributed by atoms with Crippen molar-refractivity contribution in [1.82, 2.24) is 4.98 Å². The van der Waals surface area contributed by atoms with Gasteiger partial charge >= 0.3 is 0 Å². The maximum Gasteiger partial charge on any atom is 0.198 e. The minimum absolute atomic E-state index is 0.104. The number of benzene rings is 3. The van der Waals surface area contributed by atoms with Gasteiger partial charge in [-0.2, -0.15) is 0 Å². The Hall–Kier alpha value is -3.77. The first-order valence-electron chi connectivity index (χ1n) is 10.7. The van der Waals surface area contributed by atoms with E-state index in [0.29, 0.717) is 10.9 Å². The average molecular weight is 458 g/mol. The number of Topliss-reactive ketones (excluding diaryl/α,β-unsaturated/α-hetero) is 1. The molecule has 1 aromatic heterocycles. The quantitative estimate of drug-likeness (QED) is 0.410. The van der Waals surface area contributed by atoms with Gasteiger partial charge in [0.05, 0.1) is 5.69 Å². The van der Waals surface area contributed by atoms with Crippen molar-refractivity contribution in [2.24, 2.45) is 5.10 Å². The monoisotopic (exact) mass is 457 g/mol. The molecule has 166 valence electrons. The van der Waals surface area contributed by atoms with Crippen LogP contribution >= 0.6 is 11.6 Å². The van der Waals surface area contributed by atoms with Gasteiger partial charge in [-0.3, -0.25) is 9.69 Å². The number of hydrogen-bond acceptors (Lipinski definition) is 5. The fourth-order valence-electron chi connectivity index (χ4n) is 4.22. The number of nitrogens with zero attached hydrogens (tertiary/aromatic N) is 4.